The highest BCUT2D eigenvalue weighted by Crippen LogP contribution is 2.19. The molecule has 8 nitrogen and oxygen atoms in total. The van der Waals surface area contributed by atoms with Gasteiger partial charge in [-0.3, -0.25) is 4.79 Å². The lowest BCUT2D eigenvalue weighted by atomic mass is 10.2. The molecular weight excluding hydrogens is 348 g/mol. The number of halogens is 1. The Hall–Kier alpha value is -3.00. The predicted octanol–water partition coefficient (Wildman–Crippen LogP) is 2.09. The van der Waals surface area contributed by atoms with E-state index in [0.29, 0.717) is 21.5 Å². The summed E-state index contributed by atoms with van der Waals surface area (Å²) < 4.78 is 10.7. The van der Waals surface area contributed by atoms with Gasteiger partial charge in [-0.1, -0.05) is 16.8 Å². The lowest BCUT2D eigenvalue weighted by Gasteiger charge is -2.05. The van der Waals surface area contributed by atoms with Gasteiger partial charge in [-0.05, 0) is 29.2 Å². The van der Waals surface area contributed by atoms with Crippen LogP contribution in [0, 0.1) is 5.21 Å². The van der Waals surface area contributed by atoms with Crippen molar-refractivity contribution in [1.29, 1.82) is 0 Å². The molecule has 0 saturated heterocycles. The van der Waals surface area contributed by atoms with Crippen molar-refractivity contribution < 1.29 is 18.8 Å². The van der Waals surface area contributed by atoms with Crippen molar-refractivity contribution in [1.82, 2.24) is 15.1 Å². The van der Waals surface area contributed by atoms with Gasteiger partial charge in [0.2, 0.25) is 11.7 Å². The number of hydrogen-bond acceptors (Lipinski definition) is 7. The van der Waals surface area contributed by atoms with E-state index in [9.17, 15) is 10.0 Å². The average Bonchev–Trinajstić information content (AvgIpc) is 3.09. The molecular formula is C16H13ClN4O4. The molecule has 0 aliphatic heterocycles. The minimum absolute atomic E-state index is 0.0495. The first kappa shape index (κ1) is 16.8. The first-order valence-corrected chi connectivity index (χ1v) is 7.77. The first-order valence-electron chi connectivity index (χ1n) is 7.39. The van der Waals surface area contributed by atoms with E-state index in [0.717, 1.165) is 5.56 Å². The smallest absolute Gasteiger partial charge is 0.339 e. The number of rotatable bonds is 6. The number of carbonyl (C=O) groups is 1. The first-order chi connectivity index (χ1) is 12.1. The van der Waals surface area contributed by atoms with Gasteiger partial charge in [-0.2, -0.15) is 4.98 Å². The second kappa shape index (κ2) is 7.71. The molecule has 2 aromatic heterocycles. The summed E-state index contributed by atoms with van der Waals surface area (Å²) in [5.74, 6) is 0.357. The van der Waals surface area contributed by atoms with E-state index in [2.05, 4.69) is 15.1 Å². The third kappa shape index (κ3) is 4.51. The van der Waals surface area contributed by atoms with E-state index < -0.39 is 5.97 Å². The van der Waals surface area contributed by atoms with Gasteiger partial charge < -0.3 is 14.5 Å². The Labute approximate surface area is 147 Å². The maximum absolute atomic E-state index is 11.7. The van der Waals surface area contributed by atoms with Gasteiger partial charge in [0.1, 0.15) is 6.20 Å². The number of benzene rings is 1. The fraction of sp³-hybridized carbons (Fsp3) is 0.188. The Morgan fingerprint density at radius 2 is 2.12 bits per heavy atom. The minimum Gasteiger partial charge on any atom is -0.711 e. The summed E-state index contributed by atoms with van der Waals surface area (Å²) in [5.41, 5.74) is 0.761. The number of aromatic nitrogens is 4. The highest BCUT2D eigenvalue weighted by Gasteiger charge is 2.14. The zero-order valence-corrected chi connectivity index (χ0v) is 13.7. The summed E-state index contributed by atoms with van der Waals surface area (Å²) in [6, 6.07) is 8.49. The van der Waals surface area contributed by atoms with Crippen LogP contribution in [0.3, 0.4) is 0 Å². The van der Waals surface area contributed by atoms with Crippen LogP contribution in [0.25, 0.3) is 11.4 Å². The standard InChI is InChI=1S/C16H13ClN4O4/c17-12-4-2-11(3-5-12)16-19-14(25-20-16)6-7-15(22)24-10-13-18-8-1-9-21(13)23/h1-5,8-9H,6-7,10H2. The molecule has 25 heavy (non-hydrogen) atoms. The molecule has 9 heteroatoms. The Kier molecular flexibility index (Phi) is 5.20. The van der Waals surface area contributed by atoms with E-state index in [1.54, 1.807) is 24.3 Å². The van der Waals surface area contributed by atoms with Crippen molar-refractivity contribution in [3.8, 4) is 11.4 Å². The van der Waals surface area contributed by atoms with Gasteiger partial charge >= 0.3 is 11.8 Å². The molecule has 2 heterocycles. The van der Waals surface area contributed by atoms with Crippen LogP contribution in [-0.4, -0.2) is 21.1 Å². The van der Waals surface area contributed by atoms with Gasteiger partial charge in [-0.25, -0.2) is 4.73 Å². The highest BCUT2D eigenvalue weighted by molar-refractivity contribution is 6.30. The topological polar surface area (TPSA) is 105 Å². The molecule has 1 aromatic carbocycles. The summed E-state index contributed by atoms with van der Waals surface area (Å²) >= 11 is 5.83. The molecule has 0 fully saturated rings. The van der Waals surface area contributed by atoms with Gasteiger partial charge in [0.15, 0.2) is 6.61 Å². The summed E-state index contributed by atoms with van der Waals surface area (Å²) in [5, 5.41) is 15.9. The van der Waals surface area contributed by atoms with E-state index in [1.165, 1.54) is 18.5 Å². The number of aryl methyl sites for hydroxylation is 1. The Morgan fingerprint density at radius 3 is 2.88 bits per heavy atom. The number of carbonyl (C=O) groups excluding carboxylic acids is 1. The van der Waals surface area contributed by atoms with Crippen LogP contribution < -0.4 is 4.73 Å². The molecule has 0 N–H and O–H groups in total. The summed E-state index contributed by atoms with van der Waals surface area (Å²) in [7, 11) is 0. The van der Waals surface area contributed by atoms with Crippen molar-refractivity contribution in [2.45, 2.75) is 19.4 Å². The molecule has 0 unspecified atom stereocenters. The third-order valence-corrected chi connectivity index (χ3v) is 3.51. The Bertz CT molecular complexity index is 867. The monoisotopic (exact) mass is 360 g/mol. The Balaban J connectivity index is 1.51. The molecule has 0 atom stereocenters. The largest absolute Gasteiger partial charge is 0.711 e. The summed E-state index contributed by atoms with van der Waals surface area (Å²) in [4.78, 5) is 19.8. The summed E-state index contributed by atoms with van der Waals surface area (Å²) in [6.45, 7) is -0.191. The fourth-order valence-corrected chi connectivity index (χ4v) is 2.11. The van der Waals surface area contributed by atoms with Crippen molar-refractivity contribution >= 4 is 17.6 Å². The van der Waals surface area contributed by atoms with E-state index in [1.807, 2.05) is 0 Å². The van der Waals surface area contributed by atoms with Crippen LogP contribution in [0.5, 0.6) is 0 Å². The number of hydrogen-bond donors (Lipinski definition) is 0. The van der Waals surface area contributed by atoms with Crippen LogP contribution in [0.2, 0.25) is 5.02 Å². The van der Waals surface area contributed by atoms with Crippen molar-refractivity contribution in [3.05, 3.63) is 64.7 Å². The number of esters is 1. The normalized spacial score (nSPS) is 10.6. The number of ether oxygens (including phenoxy) is 1. The molecule has 0 saturated carbocycles. The molecule has 0 spiro atoms. The predicted molar refractivity (Wildman–Crippen MR) is 86.1 cm³/mol. The van der Waals surface area contributed by atoms with E-state index >= 15 is 0 Å². The highest BCUT2D eigenvalue weighted by atomic mass is 35.5. The molecule has 0 aliphatic rings. The Morgan fingerprint density at radius 1 is 1.32 bits per heavy atom. The van der Waals surface area contributed by atoms with E-state index in [-0.39, 0.29) is 25.3 Å². The van der Waals surface area contributed by atoms with Gasteiger partial charge in [0, 0.05) is 23.1 Å². The van der Waals surface area contributed by atoms with Crippen LogP contribution in [0.15, 0.2) is 47.2 Å². The van der Waals surface area contributed by atoms with Gasteiger partial charge in [-0.15, -0.1) is 0 Å². The van der Waals surface area contributed by atoms with Crippen molar-refractivity contribution in [2.75, 3.05) is 0 Å². The number of nitrogens with zero attached hydrogens (tertiary/aromatic N) is 4. The maximum Gasteiger partial charge on any atom is 0.339 e. The van der Waals surface area contributed by atoms with Gasteiger partial charge in [0.05, 0.1) is 12.6 Å². The van der Waals surface area contributed by atoms with Gasteiger partial charge in [0.25, 0.3) is 0 Å². The second-order valence-electron chi connectivity index (χ2n) is 5.04. The SMILES string of the molecule is O=C(CCc1nc(-c2ccc(Cl)cc2)no1)OCc1nccc[n+]1[O-]. The quantitative estimate of drug-likeness (QED) is 0.376. The molecule has 3 aromatic rings. The minimum atomic E-state index is -0.489. The van der Waals surface area contributed by atoms with Crippen LogP contribution in [0.1, 0.15) is 18.1 Å². The molecule has 3 rings (SSSR count). The zero-order valence-electron chi connectivity index (χ0n) is 13.0. The van der Waals surface area contributed by atoms with Crippen molar-refractivity contribution in [2.24, 2.45) is 0 Å². The van der Waals surface area contributed by atoms with Crippen LogP contribution >= 0.6 is 11.6 Å². The molecule has 0 radical (unpaired) electrons. The molecule has 0 amide bonds. The van der Waals surface area contributed by atoms with E-state index in [4.69, 9.17) is 20.9 Å². The van der Waals surface area contributed by atoms with Crippen LogP contribution in [0.4, 0.5) is 0 Å². The fourth-order valence-electron chi connectivity index (χ4n) is 1.99. The maximum atomic E-state index is 11.7. The lowest BCUT2D eigenvalue weighted by Crippen LogP contribution is -2.33. The van der Waals surface area contributed by atoms with Crippen LogP contribution in [-0.2, 0) is 22.6 Å². The molecule has 0 aliphatic carbocycles. The molecule has 0 bridgehead atoms. The zero-order chi connectivity index (χ0) is 17.6. The molecule has 128 valence electrons. The summed E-state index contributed by atoms with van der Waals surface area (Å²) in [6.07, 6.45) is 3.02. The third-order valence-electron chi connectivity index (χ3n) is 3.26. The second-order valence-corrected chi connectivity index (χ2v) is 5.48. The lowest BCUT2D eigenvalue weighted by molar-refractivity contribution is -0.620. The van der Waals surface area contributed by atoms with Crippen molar-refractivity contribution in [3.63, 3.8) is 0 Å². The average molecular weight is 361 g/mol.